The second kappa shape index (κ2) is 7.47. The third kappa shape index (κ3) is 4.15. The lowest BCUT2D eigenvalue weighted by Gasteiger charge is -2.09. The number of benzene rings is 2. The molecule has 0 spiro atoms. The van der Waals surface area contributed by atoms with E-state index < -0.39 is 23.0 Å². The van der Waals surface area contributed by atoms with Crippen molar-refractivity contribution in [3.63, 3.8) is 0 Å². The van der Waals surface area contributed by atoms with Crippen LogP contribution in [0.15, 0.2) is 60.2 Å². The Balaban J connectivity index is 1.68. The number of hydrogen-bond acceptors (Lipinski definition) is 5. The zero-order valence-electron chi connectivity index (χ0n) is 12.8. The van der Waals surface area contributed by atoms with Crippen molar-refractivity contribution in [2.24, 2.45) is 5.73 Å². The number of Topliss-reactive ketones (excluding diaryl/α,β-unsaturated/α-hetero) is 1. The van der Waals surface area contributed by atoms with Gasteiger partial charge < -0.3 is 14.7 Å². The van der Waals surface area contributed by atoms with Crippen LogP contribution in [0.25, 0.3) is 0 Å². The molecule has 2 N–H and O–H groups in total. The van der Waals surface area contributed by atoms with Gasteiger partial charge in [0.1, 0.15) is 0 Å². The summed E-state index contributed by atoms with van der Waals surface area (Å²) >= 11 is 9.85. The van der Waals surface area contributed by atoms with Gasteiger partial charge in [0.25, 0.3) is 0 Å². The van der Waals surface area contributed by atoms with E-state index >= 15 is 0 Å². The largest absolute Gasteiger partial charge is 0.460 e. The van der Waals surface area contributed by atoms with Gasteiger partial charge in [-0.3, -0.25) is 4.79 Å². The quantitative estimate of drug-likeness (QED) is 0.832. The highest BCUT2D eigenvalue weighted by atomic mass is 35.5. The molecule has 0 fully saturated rings. The third-order valence-corrected chi connectivity index (χ3v) is 4.90. The highest BCUT2D eigenvalue weighted by molar-refractivity contribution is 7.79. The Labute approximate surface area is 157 Å². The van der Waals surface area contributed by atoms with Crippen molar-refractivity contribution < 1.29 is 17.9 Å². The predicted octanol–water partition coefficient (Wildman–Crippen LogP) is 3.64. The molecule has 0 radical (unpaired) electrons. The number of ketones is 1. The molecule has 25 heavy (non-hydrogen) atoms. The van der Waals surface area contributed by atoms with E-state index in [1.165, 1.54) is 0 Å². The summed E-state index contributed by atoms with van der Waals surface area (Å²) < 4.78 is 22.8. The van der Waals surface area contributed by atoms with Gasteiger partial charge in [-0.1, -0.05) is 47.5 Å². The summed E-state index contributed by atoms with van der Waals surface area (Å²) in [7, 11) is 0. The fourth-order valence-electron chi connectivity index (χ4n) is 2.25. The van der Waals surface area contributed by atoms with Crippen LogP contribution in [0.5, 0.6) is 0 Å². The first-order valence-electron chi connectivity index (χ1n) is 7.21. The Bertz CT molecular complexity index is 850. The van der Waals surface area contributed by atoms with Crippen molar-refractivity contribution in [2.75, 3.05) is 0 Å². The van der Waals surface area contributed by atoms with Gasteiger partial charge in [-0.2, -0.15) is 0 Å². The molecule has 2 aromatic carbocycles. The average molecular weight is 398 g/mol. The molecule has 8 heteroatoms. The zero-order valence-corrected chi connectivity index (χ0v) is 15.1. The van der Waals surface area contributed by atoms with E-state index in [-0.39, 0.29) is 17.4 Å². The molecule has 1 aliphatic heterocycles. The molecule has 130 valence electrons. The lowest BCUT2D eigenvalue weighted by atomic mass is 10.1. The van der Waals surface area contributed by atoms with Crippen LogP contribution >= 0.6 is 23.2 Å². The number of nitrogens with two attached hydrogens (primary N) is 1. The number of halogens is 2. The van der Waals surface area contributed by atoms with Crippen LogP contribution in [0.3, 0.4) is 0 Å². The fraction of sp³-hybridized carbons (Fsp3) is 0.118. The average Bonchev–Trinajstić information content (AvgIpc) is 2.86. The van der Waals surface area contributed by atoms with E-state index in [1.54, 1.807) is 48.5 Å². The summed E-state index contributed by atoms with van der Waals surface area (Å²) in [6.45, 7) is 0. The second-order valence-corrected chi connectivity index (χ2v) is 7.20. The van der Waals surface area contributed by atoms with Gasteiger partial charge in [0.15, 0.2) is 6.10 Å². The summed E-state index contributed by atoms with van der Waals surface area (Å²) in [5.74, 6) is -0.807. The van der Waals surface area contributed by atoms with Crippen LogP contribution < -0.4 is 5.73 Å². The van der Waals surface area contributed by atoms with Crippen LogP contribution in [0, 0.1) is 0 Å². The van der Waals surface area contributed by atoms with Crippen molar-refractivity contribution in [2.45, 2.75) is 11.9 Å². The molecular weight excluding hydrogens is 385 g/mol. The van der Waals surface area contributed by atoms with E-state index in [4.69, 9.17) is 37.9 Å². The SMILES string of the molecule is NC1=C(OS(=O)Cc2ccc(Cl)cc2)C(=O)C(c2ccc(Cl)cc2)O1. The van der Waals surface area contributed by atoms with Crippen molar-refractivity contribution in [3.05, 3.63) is 81.3 Å². The van der Waals surface area contributed by atoms with E-state index in [2.05, 4.69) is 0 Å². The standard InChI is InChI=1S/C17H13Cl2NO4S/c18-12-5-1-10(2-6-12)9-25(22)24-16-14(21)15(23-17(16)20)11-3-7-13(19)8-4-11/h1-8,15H,9,20H2. The van der Waals surface area contributed by atoms with Crippen molar-refractivity contribution in [1.82, 2.24) is 0 Å². The third-order valence-electron chi connectivity index (χ3n) is 3.48. The van der Waals surface area contributed by atoms with Gasteiger partial charge >= 0.3 is 0 Å². The van der Waals surface area contributed by atoms with Crippen molar-refractivity contribution >= 4 is 40.1 Å². The maximum absolute atomic E-state index is 12.5. The van der Waals surface area contributed by atoms with Gasteiger partial charge in [0.05, 0.1) is 5.75 Å². The van der Waals surface area contributed by atoms with E-state index in [0.717, 1.165) is 5.56 Å². The minimum absolute atomic E-state index is 0.0901. The molecule has 3 rings (SSSR count). The lowest BCUT2D eigenvalue weighted by Crippen LogP contribution is -2.13. The Morgan fingerprint density at radius 3 is 2.20 bits per heavy atom. The van der Waals surface area contributed by atoms with E-state index in [0.29, 0.717) is 15.6 Å². The second-order valence-electron chi connectivity index (χ2n) is 5.26. The molecule has 2 unspecified atom stereocenters. The van der Waals surface area contributed by atoms with Crippen LogP contribution in [0.2, 0.25) is 10.0 Å². The zero-order chi connectivity index (χ0) is 18.0. The molecular formula is C17H13Cl2NO4S. The number of carbonyl (C=O) groups excluding carboxylic acids is 1. The molecule has 2 aromatic rings. The van der Waals surface area contributed by atoms with Crippen LogP contribution in [-0.4, -0.2) is 9.99 Å². The molecule has 0 aliphatic carbocycles. The van der Waals surface area contributed by atoms with E-state index in [9.17, 15) is 9.00 Å². The maximum atomic E-state index is 12.5. The Morgan fingerprint density at radius 1 is 1.04 bits per heavy atom. The lowest BCUT2D eigenvalue weighted by molar-refractivity contribution is -0.123. The minimum atomic E-state index is -1.79. The van der Waals surface area contributed by atoms with Gasteiger partial charge in [-0.15, -0.1) is 0 Å². The molecule has 1 heterocycles. The summed E-state index contributed by atoms with van der Waals surface area (Å²) in [4.78, 5) is 12.5. The molecule has 5 nitrogen and oxygen atoms in total. The summed E-state index contributed by atoms with van der Waals surface area (Å²) in [6.07, 6.45) is -0.931. The predicted molar refractivity (Wildman–Crippen MR) is 95.9 cm³/mol. The van der Waals surface area contributed by atoms with E-state index in [1.807, 2.05) is 0 Å². The maximum Gasteiger partial charge on any atom is 0.249 e. The summed E-state index contributed by atoms with van der Waals surface area (Å²) in [6, 6.07) is 13.4. The minimum Gasteiger partial charge on any atom is -0.460 e. The van der Waals surface area contributed by atoms with Crippen LogP contribution in [-0.2, 0) is 30.5 Å². The first kappa shape index (κ1) is 17.8. The highest BCUT2D eigenvalue weighted by Crippen LogP contribution is 2.32. The Hall–Kier alpha value is -2.02. The Morgan fingerprint density at radius 2 is 1.60 bits per heavy atom. The highest BCUT2D eigenvalue weighted by Gasteiger charge is 2.38. The topological polar surface area (TPSA) is 78.6 Å². The number of hydrogen-bond donors (Lipinski definition) is 1. The smallest absolute Gasteiger partial charge is 0.249 e. The first-order chi connectivity index (χ1) is 11.9. The Kier molecular flexibility index (Phi) is 5.32. The van der Waals surface area contributed by atoms with Crippen molar-refractivity contribution in [3.8, 4) is 0 Å². The first-order valence-corrected chi connectivity index (χ1v) is 9.21. The molecule has 0 amide bonds. The summed E-state index contributed by atoms with van der Waals surface area (Å²) in [5, 5.41) is 1.11. The fourth-order valence-corrected chi connectivity index (χ4v) is 3.38. The summed E-state index contributed by atoms with van der Waals surface area (Å²) in [5.41, 5.74) is 7.06. The van der Waals surface area contributed by atoms with Crippen molar-refractivity contribution in [1.29, 1.82) is 0 Å². The van der Waals surface area contributed by atoms with Gasteiger partial charge in [-0.05, 0) is 29.8 Å². The molecule has 0 saturated carbocycles. The molecule has 0 aromatic heterocycles. The van der Waals surface area contributed by atoms with Gasteiger partial charge in [0, 0.05) is 15.6 Å². The monoisotopic (exact) mass is 397 g/mol. The van der Waals surface area contributed by atoms with Crippen LogP contribution in [0.4, 0.5) is 0 Å². The number of ether oxygens (including phenoxy) is 1. The molecule has 1 aliphatic rings. The molecule has 0 bridgehead atoms. The van der Waals surface area contributed by atoms with Gasteiger partial charge in [-0.25, -0.2) is 4.21 Å². The number of rotatable bonds is 5. The van der Waals surface area contributed by atoms with Crippen LogP contribution in [0.1, 0.15) is 17.2 Å². The molecule has 2 atom stereocenters. The molecule has 0 saturated heterocycles. The van der Waals surface area contributed by atoms with Gasteiger partial charge in [0.2, 0.25) is 28.5 Å². The normalized spacial score (nSPS) is 18.2. The number of carbonyl (C=O) groups is 1.